The maximum absolute atomic E-state index is 12.7. The van der Waals surface area contributed by atoms with E-state index >= 15 is 0 Å². The molecule has 0 saturated carbocycles. The van der Waals surface area contributed by atoms with Gasteiger partial charge in [0, 0.05) is 30.7 Å². The molecule has 6 nitrogen and oxygen atoms in total. The first-order valence-electron chi connectivity index (χ1n) is 7.93. The third-order valence-electron chi connectivity index (χ3n) is 3.86. The molecule has 2 N–H and O–H groups in total. The van der Waals surface area contributed by atoms with Crippen LogP contribution in [0.3, 0.4) is 0 Å². The van der Waals surface area contributed by atoms with E-state index in [1.54, 1.807) is 26.0 Å². The number of hydrogen-bond donors (Lipinski definition) is 2. The van der Waals surface area contributed by atoms with Gasteiger partial charge in [0.05, 0.1) is 4.90 Å². The maximum atomic E-state index is 12.7. The molecular weight excluding hydrogens is 350 g/mol. The number of hydrogen-bond acceptors (Lipinski definition) is 4. The molecule has 1 aliphatic heterocycles. The number of carbonyl (C=O) groups excluding carboxylic acids is 1. The van der Waals surface area contributed by atoms with E-state index in [-0.39, 0.29) is 35.3 Å². The van der Waals surface area contributed by atoms with Gasteiger partial charge in [-0.25, -0.2) is 13.1 Å². The molecule has 0 spiro atoms. The third kappa shape index (κ3) is 4.92. The molecule has 1 aromatic carbocycles. The lowest BCUT2D eigenvalue weighted by Crippen LogP contribution is -2.40. The van der Waals surface area contributed by atoms with Crippen molar-refractivity contribution in [2.45, 2.75) is 43.7 Å². The summed E-state index contributed by atoms with van der Waals surface area (Å²) in [5.74, 6) is -0.107. The normalized spacial score (nSPS) is 17.8. The van der Waals surface area contributed by atoms with Crippen LogP contribution in [0.4, 0.5) is 0 Å². The summed E-state index contributed by atoms with van der Waals surface area (Å²) in [4.78, 5) is 14.7. The SMILES string of the molecule is CNCC1CCCN1C(=O)c1cccc(S(=O)(=O)NC(C)C)c1.Cl. The lowest BCUT2D eigenvalue weighted by molar-refractivity contribution is 0.0737. The highest BCUT2D eigenvalue weighted by Crippen LogP contribution is 2.21. The van der Waals surface area contributed by atoms with Gasteiger partial charge in [0.25, 0.3) is 5.91 Å². The largest absolute Gasteiger partial charge is 0.334 e. The minimum atomic E-state index is -3.60. The van der Waals surface area contributed by atoms with Crippen molar-refractivity contribution in [2.75, 3.05) is 20.1 Å². The van der Waals surface area contributed by atoms with Crippen LogP contribution in [0.25, 0.3) is 0 Å². The highest BCUT2D eigenvalue weighted by molar-refractivity contribution is 7.89. The van der Waals surface area contributed by atoms with Gasteiger partial charge in [-0.2, -0.15) is 0 Å². The van der Waals surface area contributed by atoms with E-state index in [1.807, 2.05) is 11.9 Å². The first-order valence-corrected chi connectivity index (χ1v) is 9.41. The first-order chi connectivity index (χ1) is 10.8. The van der Waals surface area contributed by atoms with Crippen LogP contribution in [0.1, 0.15) is 37.0 Å². The second kappa shape index (κ2) is 8.80. The van der Waals surface area contributed by atoms with Gasteiger partial charge in [0.1, 0.15) is 0 Å². The minimum absolute atomic E-state index is 0. The predicted molar refractivity (Wildman–Crippen MR) is 97.1 cm³/mol. The number of likely N-dealkylation sites (tertiary alicyclic amines) is 1. The summed E-state index contributed by atoms with van der Waals surface area (Å²) in [6.45, 7) is 4.99. The van der Waals surface area contributed by atoms with Gasteiger partial charge in [-0.05, 0) is 51.9 Å². The van der Waals surface area contributed by atoms with Crippen molar-refractivity contribution in [2.24, 2.45) is 0 Å². The number of nitrogens with zero attached hydrogens (tertiary/aromatic N) is 1. The molecule has 24 heavy (non-hydrogen) atoms. The minimum Gasteiger partial charge on any atom is -0.334 e. The Bertz CT molecular complexity index is 664. The van der Waals surface area contributed by atoms with Crippen molar-refractivity contribution in [3.8, 4) is 0 Å². The molecule has 2 rings (SSSR count). The Balaban J connectivity index is 0.00000288. The Labute approximate surface area is 150 Å². The maximum Gasteiger partial charge on any atom is 0.254 e. The molecule has 1 unspecified atom stereocenters. The van der Waals surface area contributed by atoms with Crippen molar-refractivity contribution < 1.29 is 13.2 Å². The third-order valence-corrected chi connectivity index (χ3v) is 5.52. The standard InChI is InChI=1S/C16H25N3O3S.ClH/c1-12(2)18-23(21,22)15-8-4-6-13(10-15)16(20)19-9-5-7-14(19)11-17-3;/h4,6,8,10,12,14,17-18H,5,7,9,11H2,1-3H3;1H. The molecule has 1 amide bonds. The van der Waals surface area contributed by atoms with Crippen molar-refractivity contribution in [1.29, 1.82) is 0 Å². The monoisotopic (exact) mass is 375 g/mol. The second-order valence-corrected chi connectivity index (χ2v) is 7.87. The summed E-state index contributed by atoms with van der Waals surface area (Å²) in [5, 5.41) is 3.10. The number of nitrogens with one attached hydrogen (secondary N) is 2. The predicted octanol–water partition coefficient (Wildman–Crippen LogP) is 1.62. The molecule has 1 aliphatic rings. The van der Waals surface area contributed by atoms with Gasteiger partial charge in [0.15, 0.2) is 0 Å². The zero-order chi connectivity index (χ0) is 17.0. The van der Waals surface area contributed by atoms with E-state index in [4.69, 9.17) is 0 Å². The molecule has 1 atom stereocenters. The Morgan fingerprint density at radius 3 is 2.71 bits per heavy atom. The number of rotatable bonds is 6. The molecule has 136 valence electrons. The van der Waals surface area contributed by atoms with Gasteiger partial charge in [-0.1, -0.05) is 6.07 Å². The number of benzene rings is 1. The number of carbonyl (C=O) groups is 1. The average molecular weight is 376 g/mol. The topological polar surface area (TPSA) is 78.5 Å². The van der Waals surface area contributed by atoms with Gasteiger partial charge >= 0.3 is 0 Å². The number of amides is 1. The van der Waals surface area contributed by atoms with Crippen LogP contribution < -0.4 is 10.0 Å². The molecule has 0 aromatic heterocycles. The van der Waals surface area contributed by atoms with Crippen LogP contribution in [-0.2, 0) is 10.0 Å². The summed E-state index contributed by atoms with van der Waals surface area (Å²) in [5.41, 5.74) is 0.416. The second-order valence-electron chi connectivity index (χ2n) is 6.16. The molecule has 1 heterocycles. The Kier molecular flexibility index (Phi) is 7.66. The van der Waals surface area contributed by atoms with E-state index in [2.05, 4.69) is 10.0 Å². The van der Waals surface area contributed by atoms with Gasteiger partial charge in [0.2, 0.25) is 10.0 Å². The summed E-state index contributed by atoms with van der Waals surface area (Å²) in [6, 6.07) is 6.23. The zero-order valence-corrected chi connectivity index (χ0v) is 15.9. The molecule has 0 bridgehead atoms. The fourth-order valence-electron chi connectivity index (χ4n) is 2.89. The molecule has 1 fully saturated rings. The van der Waals surface area contributed by atoms with E-state index < -0.39 is 10.0 Å². The Morgan fingerprint density at radius 2 is 2.08 bits per heavy atom. The molecule has 1 saturated heterocycles. The molecular formula is C16H26ClN3O3S. The average Bonchev–Trinajstić information content (AvgIpc) is 2.94. The van der Waals surface area contributed by atoms with Crippen LogP contribution in [0.2, 0.25) is 0 Å². The van der Waals surface area contributed by atoms with E-state index in [9.17, 15) is 13.2 Å². The quantitative estimate of drug-likeness (QED) is 0.791. The molecule has 0 radical (unpaired) electrons. The van der Waals surface area contributed by atoms with Gasteiger partial charge in [-0.15, -0.1) is 12.4 Å². The van der Waals surface area contributed by atoms with Crippen molar-refractivity contribution in [3.05, 3.63) is 29.8 Å². The fraction of sp³-hybridized carbons (Fsp3) is 0.562. The van der Waals surface area contributed by atoms with Crippen LogP contribution >= 0.6 is 12.4 Å². The smallest absolute Gasteiger partial charge is 0.254 e. The lowest BCUT2D eigenvalue weighted by Gasteiger charge is -2.24. The van der Waals surface area contributed by atoms with E-state index in [0.717, 1.165) is 19.4 Å². The van der Waals surface area contributed by atoms with Crippen molar-refractivity contribution >= 4 is 28.3 Å². The van der Waals surface area contributed by atoms with Crippen molar-refractivity contribution in [1.82, 2.24) is 14.9 Å². The molecule has 0 aliphatic carbocycles. The van der Waals surface area contributed by atoms with E-state index in [0.29, 0.717) is 12.1 Å². The van der Waals surface area contributed by atoms with Crippen LogP contribution in [0, 0.1) is 0 Å². The lowest BCUT2D eigenvalue weighted by atomic mass is 10.1. The zero-order valence-electron chi connectivity index (χ0n) is 14.3. The summed E-state index contributed by atoms with van der Waals surface area (Å²) >= 11 is 0. The molecule has 8 heteroatoms. The highest BCUT2D eigenvalue weighted by Gasteiger charge is 2.29. The number of halogens is 1. The Morgan fingerprint density at radius 1 is 1.38 bits per heavy atom. The summed E-state index contributed by atoms with van der Waals surface area (Å²) in [7, 11) is -1.73. The van der Waals surface area contributed by atoms with Crippen LogP contribution in [0.5, 0.6) is 0 Å². The highest BCUT2D eigenvalue weighted by atomic mass is 35.5. The fourth-order valence-corrected chi connectivity index (χ4v) is 4.19. The van der Waals surface area contributed by atoms with E-state index in [1.165, 1.54) is 12.1 Å². The summed E-state index contributed by atoms with van der Waals surface area (Å²) < 4.78 is 27.1. The van der Waals surface area contributed by atoms with Gasteiger partial charge in [-0.3, -0.25) is 4.79 Å². The number of sulfonamides is 1. The first kappa shape index (κ1) is 20.9. The van der Waals surface area contributed by atoms with Crippen LogP contribution in [-0.4, -0.2) is 51.4 Å². The van der Waals surface area contributed by atoms with Crippen LogP contribution in [0.15, 0.2) is 29.2 Å². The van der Waals surface area contributed by atoms with Crippen molar-refractivity contribution in [3.63, 3.8) is 0 Å². The molecule has 1 aromatic rings. The van der Waals surface area contributed by atoms with Gasteiger partial charge < -0.3 is 10.2 Å². The summed E-state index contributed by atoms with van der Waals surface area (Å²) in [6.07, 6.45) is 1.95. The number of likely N-dealkylation sites (N-methyl/N-ethyl adjacent to an activating group) is 1. The Hall–Kier alpha value is -1.15.